The largest absolute Gasteiger partial charge is 0.483 e. The van der Waals surface area contributed by atoms with Gasteiger partial charge in [-0.05, 0) is 228 Å². The van der Waals surface area contributed by atoms with Crippen molar-refractivity contribution in [3.8, 4) is 0 Å². The molecule has 1 saturated heterocycles. The van der Waals surface area contributed by atoms with E-state index >= 15 is 0 Å². The van der Waals surface area contributed by atoms with Crippen LogP contribution >= 0.6 is 0 Å². The molecule has 28 nitrogen and oxygen atoms in total. The van der Waals surface area contributed by atoms with Gasteiger partial charge in [-0.3, -0.25) is 39.1 Å². The highest BCUT2D eigenvalue weighted by molar-refractivity contribution is 7.91. The summed E-state index contributed by atoms with van der Waals surface area (Å²) in [5, 5.41) is 38.7. The Hall–Kier alpha value is -14.0. The third kappa shape index (κ3) is 20.4. The van der Waals surface area contributed by atoms with Crippen LogP contribution in [0.4, 0.5) is 17.6 Å². The van der Waals surface area contributed by atoms with Gasteiger partial charge in [0, 0.05) is 183 Å². The van der Waals surface area contributed by atoms with Gasteiger partial charge in [-0.2, -0.15) is 0 Å². The molecule has 8 aromatic heterocycles. The molecule has 676 valence electrons. The van der Waals surface area contributed by atoms with Gasteiger partial charge in [-0.25, -0.2) is 67.1 Å². The van der Waals surface area contributed by atoms with Crippen LogP contribution in [-0.2, 0) is 59.3 Å². The molecule has 4 aliphatic heterocycles. The van der Waals surface area contributed by atoms with E-state index in [1.807, 2.05) is 44.4 Å². The third-order valence-electron chi connectivity index (χ3n) is 22.8. The van der Waals surface area contributed by atoms with Crippen molar-refractivity contribution in [3.05, 3.63) is 308 Å². The molecule has 0 atom stereocenters. The number of likely N-dealkylation sites (N-methyl/N-ethyl adjacent to an activating group) is 2. The van der Waals surface area contributed by atoms with E-state index in [1.165, 1.54) is 82.6 Å². The molecule has 0 aliphatic carbocycles. The van der Waals surface area contributed by atoms with Crippen LogP contribution in [-0.4, -0.2) is 204 Å². The lowest BCUT2D eigenvalue weighted by molar-refractivity contribution is -0.123. The quantitative estimate of drug-likeness (QED) is 0.0560. The minimum Gasteiger partial charge on any atom is -0.483 e. The maximum absolute atomic E-state index is 14.1. The van der Waals surface area contributed by atoms with Gasteiger partial charge in [0.15, 0.2) is 0 Å². The number of nitrogens with one attached hydrogen (secondary N) is 1. The number of rotatable bonds is 12. The van der Waals surface area contributed by atoms with Gasteiger partial charge < -0.3 is 40.4 Å². The second-order valence-corrected chi connectivity index (χ2v) is 37.8. The third-order valence-corrected chi connectivity index (χ3v) is 29.7. The van der Waals surface area contributed by atoms with Crippen LogP contribution in [0.3, 0.4) is 0 Å². The van der Waals surface area contributed by atoms with Crippen LogP contribution in [0.15, 0.2) is 282 Å². The number of pyridine rings is 4. The Bertz CT molecular complexity index is 7320. The second-order valence-electron chi connectivity index (χ2n) is 30.6. The first-order chi connectivity index (χ1) is 63.1. The molecular weight excluding hydrogens is 1770 g/mol. The van der Waals surface area contributed by atoms with Crippen LogP contribution < -0.4 is 5.32 Å². The molecule has 131 heavy (non-hydrogen) atoms. The fourth-order valence-electron chi connectivity index (χ4n) is 16.5. The molecule has 20 rings (SSSR count). The molecule has 0 spiro atoms. The molecule has 5 N–H and O–H groups in total. The van der Waals surface area contributed by atoms with E-state index in [4.69, 9.17) is 39.6 Å². The first-order valence-corrected chi connectivity index (χ1v) is 46.5. The van der Waals surface area contributed by atoms with Gasteiger partial charge in [-0.15, -0.1) is 0 Å². The lowest BCUT2D eigenvalue weighted by Crippen LogP contribution is -2.29. The predicted octanol–water partition coefficient (Wildman–Crippen LogP) is 15.7. The standard InChI is InChI=1S/C23H22FN3O2S.2C23H20FN3O2S.C22H18FN3O2S.4CH2O2/c2*1-26-11-8-16(9-12-26)21-15-27(22-6-5-18(24)13-20(21)22)30(28,29)23-4-2-3-17-14-25-10-7-19(17)23;1-26-11-8-17(9-12-26)21-15-27(22-6-5-18(24)13-19(21)22)30(28,29)23-4-2-3-16-7-10-25-14-20(16)23;23-17-4-5-21-19(12-17)20(15-6-9-24-10-7-15)14-26(21)29(27,28)22-3-1-2-16-13-25-11-8-18(16)22;4*2-1-3/h2-7,10,13-16H,8-9,11-12H2,1H3;2*2-8,10,13-15H,9,11-12H2,1H3;1-6,8,11-14,24H,7,9-10H2;4*1H,(H,2,3). The summed E-state index contributed by atoms with van der Waals surface area (Å²) in [6, 6.07) is 44.6. The summed E-state index contributed by atoms with van der Waals surface area (Å²) in [5.74, 6) is -1.31. The maximum Gasteiger partial charge on any atom is 0.290 e. The average molecular weight is 1860 g/mol. The Kier molecular flexibility index (Phi) is 30.1. The van der Waals surface area contributed by atoms with E-state index in [2.05, 4.69) is 59.2 Å². The Morgan fingerprint density at radius 1 is 0.351 bits per heavy atom. The number of nitrogens with zero attached hydrogens (tertiary/aromatic N) is 11. The smallest absolute Gasteiger partial charge is 0.290 e. The number of halogens is 4. The Morgan fingerprint density at radius 3 is 1.02 bits per heavy atom. The van der Waals surface area contributed by atoms with Crippen LogP contribution in [0.5, 0.6) is 0 Å². The van der Waals surface area contributed by atoms with Gasteiger partial charge >= 0.3 is 0 Å². The highest BCUT2D eigenvalue weighted by Gasteiger charge is 2.32. The predicted molar refractivity (Wildman–Crippen MR) is 495 cm³/mol. The summed E-state index contributed by atoms with van der Waals surface area (Å²) in [6.45, 7) is 5.69. The Balaban J connectivity index is 0.000000143. The van der Waals surface area contributed by atoms with E-state index in [0.717, 1.165) is 138 Å². The molecule has 0 saturated carbocycles. The van der Waals surface area contributed by atoms with E-state index in [-0.39, 0.29) is 74.7 Å². The monoisotopic (exact) mass is 1860 g/mol. The highest BCUT2D eigenvalue weighted by atomic mass is 32.2. The topological polar surface area (TPSA) is 379 Å². The SMILES string of the molecule is CN1CC=C(c2cn(S(=O)(=O)c3cccc4ccncc34)c3ccc(F)cc23)CC1.CN1CC=C(c2cn(S(=O)(=O)c3cccc4cnccc34)c3ccc(F)cc23)CC1.CN1CCC(c2cn(S(=O)(=O)c3cccc4cnccc34)c3ccc(F)cc23)CC1.O=CO.O=CO.O=CO.O=CO.O=S(=O)(c1cccc2cnccc12)n1cc(C2=CCNCC2)c2cc(F)ccc21. The Morgan fingerprint density at radius 2 is 0.672 bits per heavy atom. The molecular formula is C95H88F4N12O16S4. The summed E-state index contributed by atoms with van der Waals surface area (Å²) in [4.78, 5) is 57.2. The van der Waals surface area contributed by atoms with Crippen molar-refractivity contribution in [1.29, 1.82) is 0 Å². The number of hydrogen-bond acceptors (Lipinski definition) is 20. The van der Waals surface area contributed by atoms with Crippen LogP contribution in [0, 0.1) is 23.3 Å². The number of piperidine rings is 1. The lowest BCUT2D eigenvalue weighted by Gasteiger charge is -2.28. The van der Waals surface area contributed by atoms with Gasteiger partial charge in [-0.1, -0.05) is 66.8 Å². The second kappa shape index (κ2) is 41.6. The molecule has 12 heterocycles. The molecule has 36 heteroatoms. The van der Waals surface area contributed by atoms with Crippen molar-refractivity contribution in [2.75, 3.05) is 73.5 Å². The summed E-state index contributed by atoms with van der Waals surface area (Å²) in [7, 11) is -9.44. The summed E-state index contributed by atoms with van der Waals surface area (Å²) in [6.07, 6.45) is 29.9. The summed E-state index contributed by atoms with van der Waals surface area (Å²) >= 11 is 0. The molecule has 0 radical (unpaired) electrons. The van der Waals surface area contributed by atoms with Gasteiger partial charge in [0.2, 0.25) is 0 Å². The average Bonchev–Trinajstić information content (AvgIpc) is 1.59. The molecule has 4 aliphatic rings. The maximum atomic E-state index is 14.1. The van der Waals surface area contributed by atoms with Crippen molar-refractivity contribution in [3.63, 3.8) is 0 Å². The van der Waals surface area contributed by atoms with Crippen molar-refractivity contribution in [1.82, 2.24) is 55.8 Å². The first kappa shape index (κ1) is 94.6. The highest BCUT2D eigenvalue weighted by Crippen LogP contribution is 2.42. The van der Waals surface area contributed by atoms with Crippen molar-refractivity contribution < 1.29 is 90.8 Å². The first-order valence-electron chi connectivity index (χ1n) is 40.8. The number of fused-ring (bicyclic) bond motifs is 8. The van der Waals surface area contributed by atoms with Crippen LogP contribution in [0.1, 0.15) is 60.3 Å². The van der Waals surface area contributed by atoms with Crippen LogP contribution in [0.25, 0.3) is 103 Å². The number of hydrogen-bond donors (Lipinski definition) is 5. The minimum atomic E-state index is -3.92. The van der Waals surface area contributed by atoms with Gasteiger partial charge in [0.05, 0.1) is 41.6 Å². The zero-order valence-electron chi connectivity index (χ0n) is 70.7. The molecule has 0 unspecified atom stereocenters. The summed E-state index contributed by atoms with van der Waals surface area (Å²) < 4.78 is 171. The van der Waals surface area contributed by atoms with Gasteiger partial charge in [0.1, 0.15) is 23.3 Å². The van der Waals surface area contributed by atoms with Gasteiger partial charge in [0.25, 0.3) is 66.0 Å². The van der Waals surface area contributed by atoms with Crippen molar-refractivity contribution >= 4 is 169 Å². The van der Waals surface area contributed by atoms with Crippen molar-refractivity contribution in [2.24, 2.45) is 0 Å². The number of carbonyl (C=O) groups is 4. The number of carboxylic acid groups (broad SMARTS) is 4. The number of aromatic nitrogens is 8. The molecule has 0 amide bonds. The van der Waals surface area contributed by atoms with Crippen molar-refractivity contribution in [2.45, 2.75) is 57.6 Å². The normalized spacial score (nSPS) is 14.6. The van der Waals surface area contributed by atoms with E-state index in [1.54, 1.807) is 153 Å². The molecule has 16 aromatic rings. The molecule has 1 fully saturated rings. The zero-order valence-corrected chi connectivity index (χ0v) is 73.9. The molecule has 0 bridgehead atoms. The van der Waals surface area contributed by atoms with E-state index in [0.29, 0.717) is 71.7 Å². The minimum absolute atomic E-state index is 0.179. The van der Waals surface area contributed by atoms with E-state index < -0.39 is 40.1 Å². The Labute approximate surface area is 750 Å². The van der Waals surface area contributed by atoms with E-state index in [9.17, 15) is 51.2 Å². The number of benzene rings is 8. The summed E-state index contributed by atoms with van der Waals surface area (Å²) in [5.41, 5.74) is 8.21. The fraction of sp³-hybridized carbons (Fsp3) is 0.179. The number of likely N-dealkylation sites (tertiary alicyclic amines) is 1. The zero-order chi connectivity index (χ0) is 93.5. The lowest BCUT2D eigenvalue weighted by atomic mass is 9.89. The fourth-order valence-corrected chi connectivity index (χ4v) is 22.9. The molecule has 8 aromatic carbocycles. The van der Waals surface area contributed by atoms with Crippen LogP contribution in [0.2, 0.25) is 0 Å².